The second kappa shape index (κ2) is 12.4. The zero-order valence-corrected chi connectivity index (χ0v) is 21.4. The zero-order valence-electron chi connectivity index (χ0n) is 20.6. The van der Waals surface area contributed by atoms with E-state index in [4.69, 9.17) is 11.6 Å². The van der Waals surface area contributed by atoms with Gasteiger partial charge in [0.2, 0.25) is 11.6 Å². The molecule has 0 bridgehead atoms. The van der Waals surface area contributed by atoms with E-state index in [0.717, 1.165) is 36.0 Å². The van der Waals surface area contributed by atoms with Gasteiger partial charge in [-0.15, -0.1) is 11.8 Å². The van der Waals surface area contributed by atoms with Crippen molar-refractivity contribution < 1.29 is 9.59 Å². The predicted octanol–water partition coefficient (Wildman–Crippen LogP) is 4.99. The SMILES string of the molecule is [C-]#[N+]c1c(N2CCC(NC(C)=O)CC2)nc(SCc2ccc(CCC(C)=O)cc2)c(C#N)c1CC. The number of piperidine rings is 1. The maximum atomic E-state index is 11.4. The van der Waals surface area contributed by atoms with Gasteiger partial charge in [0.1, 0.15) is 22.7 Å². The number of benzene rings is 1. The van der Waals surface area contributed by atoms with Crippen LogP contribution < -0.4 is 10.2 Å². The van der Waals surface area contributed by atoms with Crippen LogP contribution >= 0.6 is 11.8 Å². The second-order valence-corrected chi connectivity index (χ2v) is 9.75. The smallest absolute Gasteiger partial charge is 0.232 e. The van der Waals surface area contributed by atoms with Crippen LogP contribution in [0.3, 0.4) is 0 Å². The van der Waals surface area contributed by atoms with E-state index in [-0.39, 0.29) is 17.7 Å². The normalized spacial score (nSPS) is 13.7. The number of aromatic nitrogens is 1. The zero-order chi connectivity index (χ0) is 25.4. The van der Waals surface area contributed by atoms with Gasteiger partial charge in [-0.05, 0) is 49.3 Å². The quantitative estimate of drug-likeness (QED) is 0.394. The summed E-state index contributed by atoms with van der Waals surface area (Å²) in [5.41, 5.74) is 3.93. The average molecular weight is 490 g/mol. The van der Waals surface area contributed by atoms with Gasteiger partial charge in [-0.2, -0.15) is 5.26 Å². The monoisotopic (exact) mass is 489 g/mol. The number of carbonyl (C=O) groups is 2. The fraction of sp³-hybridized carbons (Fsp3) is 0.444. The lowest BCUT2D eigenvalue weighted by Gasteiger charge is -2.34. The summed E-state index contributed by atoms with van der Waals surface area (Å²) in [6.07, 6.45) is 3.44. The molecular formula is C27H31N5O2S. The molecular weight excluding hydrogens is 458 g/mol. The molecule has 8 heteroatoms. The van der Waals surface area contributed by atoms with E-state index >= 15 is 0 Å². The number of pyridine rings is 1. The highest BCUT2D eigenvalue weighted by Crippen LogP contribution is 2.39. The van der Waals surface area contributed by atoms with Crippen LogP contribution in [0.5, 0.6) is 0 Å². The molecule has 1 amide bonds. The number of rotatable bonds is 9. The molecule has 1 N–H and O–H groups in total. The molecule has 0 saturated carbocycles. The van der Waals surface area contributed by atoms with Crippen LogP contribution in [-0.2, 0) is 28.2 Å². The van der Waals surface area contributed by atoms with E-state index in [1.165, 1.54) is 18.7 Å². The van der Waals surface area contributed by atoms with E-state index < -0.39 is 0 Å². The van der Waals surface area contributed by atoms with Crippen LogP contribution in [-0.4, -0.2) is 35.8 Å². The van der Waals surface area contributed by atoms with Gasteiger partial charge in [0, 0.05) is 38.2 Å². The molecule has 0 atom stereocenters. The molecule has 1 aromatic heterocycles. The van der Waals surface area contributed by atoms with Gasteiger partial charge >= 0.3 is 0 Å². The fourth-order valence-electron chi connectivity index (χ4n) is 4.29. The molecule has 182 valence electrons. The number of anilines is 1. The Bertz CT molecular complexity index is 1160. The third-order valence-corrected chi connectivity index (χ3v) is 7.21. The molecule has 1 aliphatic rings. The number of ketones is 1. The number of carbonyl (C=O) groups excluding carboxylic acids is 2. The van der Waals surface area contributed by atoms with Crippen LogP contribution in [0.25, 0.3) is 4.85 Å². The molecule has 1 aliphatic heterocycles. The minimum absolute atomic E-state index is 0.0272. The summed E-state index contributed by atoms with van der Waals surface area (Å²) in [4.78, 5) is 33.4. The maximum absolute atomic E-state index is 11.4. The first-order chi connectivity index (χ1) is 16.9. The summed E-state index contributed by atoms with van der Waals surface area (Å²) in [6.45, 7) is 14.3. The maximum Gasteiger partial charge on any atom is 0.232 e. The van der Waals surface area contributed by atoms with Gasteiger partial charge in [-0.1, -0.05) is 31.2 Å². The van der Waals surface area contributed by atoms with Crippen molar-refractivity contribution in [3.05, 3.63) is 57.9 Å². The number of aryl methyl sites for hydroxylation is 1. The van der Waals surface area contributed by atoms with Crippen molar-refractivity contribution in [2.45, 2.75) is 69.7 Å². The van der Waals surface area contributed by atoms with Crippen molar-refractivity contribution >= 4 is 35.0 Å². The topological polar surface area (TPSA) is 90.4 Å². The lowest BCUT2D eigenvalue weighted by Crippen LogP contribution is -2.44. The lowest BCUT2D eigenvalue weighted by atomic mass is 10.0. The highest BCUT2D eigenvalue weighted by Gasteiger charge is 2.26. The molecule has 0 aliphatic carbocycles. The molecule has 7 nitrogen and oxygen atoms in total. The van der Waals surface area contributed by atoms with Crippen molar-refractivity contribution in [1.29, 1.82) is 5.26 Å². The molecule has 3 rings (SSSR count). The first kappa shape index (κ1) is 26.2. The number of Topliss-reactive ketones (excluding diaryl/α,β-unsaturated/α-hetero) is 1. The number of nitrogens with zero attached hydrogens (tertiary/aromatic N) is 4. The summed E-state index contributed by atoms with van der Waals surface area (Å²) >= 11 is 1.51. The molecule has 0 spiro atoms. The highest BCUT2D eigenvalue weighted by molar-refractivity contribution is 7.98. The van der Waals surface area contributed by atoms with Crippen molar-refractivity contribution in [2.75, 3.05) is 18.0 Å². The number of amides is 1. The molecule has 0 radical (unpaired) electrons. The van der Waals surface area contributed by atoms with E-state index in [2.05, 4.69) is 33.3 Å². The van der Waals surface area contributed by atoms with E-state index in [1.807, 2.05) is 19.1 Å². The van der Waals surface area contributed by atoms with Gasteiger partial charge in [-0.3, -0.25) is 4.79 Å². The van der Waals surface area contributed by atoms with Crippen LogP contribution in [0.15, 0.2) is 29.3 Å². The summed E-state index contributed by atoms with van der Waals surface area (Å²) in [6, 6.07) is 10.6. The van der Waals surface area contributed by atoms with Crippen LogP contribution in [0.4, 0.5) is 11.5 Å². The number of nitrogens with one attached hydrogen (secondary N) is 1. The molecule has 2 heterocycles. The molecule has 35 heavy (non-hydrogen) atoms. The third-order valence-electron chi connectivity index (χ3n) is 6.16. The van der Waals surface area contributed by atoms with Crippen LogP contribution in [0.1, 0.15) is 62.3 Å². The number of hydrogen-bond acceptors (Lipinski definition) is 6. The van der Waals surface area contributed by atoms with Crippen molar-refractivity contribution in [2.24, 2.45) is 0 Å². The van der Waals surface area contributed by atoms with Crippen LogP contribution in [0, 0.1) is 17.9 Å². The first-order valence-corrected chi connectivity index (χ1v) is 12.9. The fourth-order valence-corrected chi connectivity index (χ4v) is 5.25. The number of hydrogen-bond donors (Lipinski definition) is 1. The van der Waals surface area contributed by atoms with Gasteiger partial charge in [0.25, 0.3) is 0 Å². The van der Waals surface area contributed by atoms with E-state index in [9.17, 15) is 14.9 Å². The minimum atomic E-state index is -0.0272. The third kappa shape index (κ3) is 6.83. The number of thioether (sulfide) groups is 1. The summed E-state index contributed by atoms with van der Waals surface area (Å²) in [7, 11) is 0. The molecule has 1 saturated heterocycles. The van der Waals surface area contributed by atoms with Crippen LogP contribution in [0.2, 0.25) is 0 Å². The molecule has 1 aromatic carbocycles. The Hall–Kier alpha value is -3.36. The van der Waals surface area contributed by atoms with Gasteiger partial charge in [0.05, 0.1) is 12.1 Å². The van der Waals surface area contributed by atoms with E-state index in [1.54, 1.807) is 6.92 Å². The Morgan fingerprint density at radius 1 is 1.23 bits per heavy atom. The summed E-state index contributed by atoms with van der Waals surface area (Å²) in [5, 5.41) is 13.5. The van der Waals surface area contributed by atoms with Crippen molar-refractivity contribution in [1.82, 2.24) is 10.3 Å². The Labute approximate surface area is 211 Å². The summed E-state index contributed by atoms with van der Waals surface area (Å²) in [5.74, 6) is 1.45. The van der Waals surface area contributed by atoms with E-state index in [0.29, 0.717) is 53.8 Å². The lowest BCUT2D eigenvalue weighted by molar-refractivity contribution is -0.120. The second-order valence-electron chi connectivity index (χ2n) is 8.79. The molecule has 0 unspecified atom stereocenters. The van der Waals surface area contributed by atoms with Gasteiger partial charge < -0.3 is 15.0 Å². The van der Waals surface area contributed by atoms with Crippen molar-refractivity contribution in [3.8, 4) is 6.07 Å². The Balaban J connectivity index is 1.82. The molecule has 1 fully saturated rings. The Morgan fingerprint density at radius 3 is 2.43 bits per heavy atom. The predicted molar refractivity (Wildman–Crippen MR) is 139 cm³/mol. The van der Waals surface area contributed by atoms with Gasteiger partial charge in [-0.25, -0.2) is 9.83 Å². The van der Waals surface area contributed by atoms with Gasteiger partial charge in [0.15, 0.2) is 0 Å². The average Bonchev–Trinajstić information content (AvgIpc) is 2.85. The standard InChI is InChI=1S/C27H31N5O2S/c1-5-23-24(16-28)27(35-17-21-10-8-20(9-11-21)7-6-18(2)33)31-26(25(23)29-4)32-14-12-22(13-15-32)30-19(3)34/h8-11,22H,5-7,12-15,17H2,1-3H3,(H,30,34). The Morgan fingerprint density at radius 2 is 1.89 bits per heavy atom. The minimum Gasteiger partial charge on any atom is -0.365 e. The Kier molecular flexibility index (Phi) is 9.28. The first-order valence-electron chi connectivity index (χ1n) is 11.9. The largest absolute Gasteiger partial charge is 0.365 e. The number of nitriles is 1. The highest BCUT2D eigenvalue weighted by atomic mass is 32.2. The molecule has 2 aromatic rings. The van der Waals surface area contributed by atoms with Crippen molar-refractivity contribution in [3.63, 3.8) is 0 Å². The summed E-state index contributed by atoms with van der Waals surface area (Å²) < 4.78 is 0.